The number of hydrogen-bond donors (Lipinski definition) is 2. The average Bonchev–Trinajstić information content (AvgIpc) is 2.87. The van der Waals surface area contributed by atoms with Gasteiger partial charge in [-0.1, -0.05) is 11.6 Å². The van der Waals surface area contributed by atoms with Crippen LogP contribution in [0.4, 0.5) is 11.4 Å². The summed E-state index contributed by atoms with van der Waals surface area (Å²) in [6.45, 7) is -0.00460. The second kappa shape index (κ2) is 7.21. The first kappa shape index (κ1) is 15.5. The van der Waals surface area contributed by atoms with E-state index >= 15 is 0 Å². The van der Waals surface area contributed by atoms with Crippen molar-refractivity contribution in [3.8, 4) is 0 Å². The molecule has 0 spiro atoms. The van der Waals surface area contributed by atoms with E-state index in [9.17, 15) is 9.59 Å². The highest BCUT2D eigenvalue weighted by atomic mass is 35.5. The molecule has 1 aromatic heterocycles. The quantitative estimate of drug-likeness (QED) is 0.887. The number of amides is 2. The summed E-state index contributed by atoms with van der Waals surface area (Å²) in [5.41, 5.74) is 1.25. The number of carbonyl (C=O) groups excluding carboxylic acids is 2. The van der Waals surface area contributed by atoms with Gasteiger partial charge < -0.3 is 15.4 Å². The van der Waals surface area contributed by atoms with Crippen LogP contribution < -0.4 is 10.6 Å². The Morgan fingerprint density at radius 3 is 2.29 bits per heavy atom. The van der Waals surface area contributed by atoms with Crippen molar-refractivity contribution >= 4 is 46.1 Å². The molecule has 1 aromatic carbocycles. The van der Waals surface area contributed by atoms with Gasteiger partial charge in [-0.2, -0.15) is 0 Å². The van der Waals surface area contributed by atoms with Gasteiger partial charge in [0.25, 0.3) is 5.91 Å². The van der Waals surface area contributed by atoms with Crippen LogP contribution in [-0.2, 0) is 9.53 Å². The van der Waals surface area contributed by atoms with Crippen molar-refractivity contribution in [3.05, 3.63) is 45.6 Å². The van der Waals surface area contributed by atoms with Crippen LogP contribution in [0.15, 0.2) is 35.7 Å². The van der Waals surface area contributed by atoms with Crippen LogP contribution in [0.1, 0.15) is 9.67 Å². The number of methoxy groups -OCH3 is 1. The van der Waals surface area contributed by atoms with Gasteiger partial charge in [-0.3, -0.25) is 9.59 Å². The fraction of sp³-hybridized carbons (Fsp3) is 0.143. The maximum atomic E-state index is 12.0. The molecule has 0 saturated heterocycles. The Kier molecular flexibility index (Phi) is 5.32. The lowest BCUT2D eigenvalue weighted by atomic mass is 10.2. The van der Waals surface area contributed by atoms with Crippen LogP contribution in [0.2, 0.25) is 5.02 Å². The van der Waals surface area contributed by atoms with E-state index in [0.29, 0.717) is 21.3 Å². The topological polar surface area (TPSA) is 67.4 Å². The molecule has 0 aliphatic heterocycles. The van der Waals surface area contributed by atoms with Gasteiger partial charge in [0, 0.05) is 18.5 Å². The summed E-state index contributed by atoms with van der Waals surface area (Å²) < 4.78 is 4.72. The SMILES string of the molecule is COCC(=O)Nc1ccc(NC(=O)c2sccc2Cl)cc1. The summed E-state index contributed by atoms with van der Waals surface area (Å²) in [6.07, 6.45) is 0. The molecule has 2 amide bonds. The molecule has 110 valence electrons. The lowest BCUT2D eigenvalue weighted by molar-refractivity contribution is -0.119. The third-order valence-electron chi connectivity index (χ3n) is 2.53. The second-order valence-electron chi connectivity index (χ2n) is 4.11. The van der Waals surface area contributed by atoms with E-state index in [1.807, 2.05) is 0 Å². The first-order chi connectivity index (χ1) is 10.1. The molecule has 0 bridgehead atoms. The summed E-state index contributed by atoms with van der Waals surface area (Å²) in [7, 11) is 1.45. The fourth-order valence-electron chi connectivity index (χ4n) is 1.61. The zero-order valence-electron chi connectivity index (χ0n) is 11.2. The molecule has 0 saturated carbocycles. The van der Waals surface area contributed by atoms with Crippen molar-refractivity contribution < 1.29 is 14.3 Å². The van der Waals surface area contributed by atoms with Crippen LogP contribution >= 0.6 is 22.9 Å². The van der Waals surface area contributed by atoms with Gasteiger partial charge in [0.05, 0.1) is 5.02 Å². The molecule has 2 N–H and O–H groups in total. The fourth-order valence-corrected chi connectivity index (χ4v) is 2.64. The minimum Gasteiger partial charge on any atom is -0.375 e. The molecule has 5 nitrogen and oxygen atoms in total. The lowest BCUT2D eigenvalue weighted by Crippen LogP contribution is -2.17. The maximum absolute atomic E-state index is 12.0. The predicted molar refractivity (Wildman–Crippen MR) is 84.2 cm³/mol. The highest BCUT2D eigenvalue weighted by Gasteiger charge is 2.11. The van der Waals surface area contributed by atoms with E-state index in [4.69, 9.17) is 16.3 Å². The van der Waals surface area contributed by atoms with Crippen molar-refractivity contribution in [2.75, 3.05) is 24.4 Å². The summed E-state index contributed by atoms with van der Waals surface area (Å²) in [4.78, 5) is 23.8. The van der Waals surface area contributed by atoms with E-state index in [-0.39, 0.29) is 18.4 Å². The van der Waals surface area contributed by atoms with Crippen molar-refractivity contribution in [2.24, 2.45) is 0 Å². The van der Waals surface area contributed by atoms with E-state index in [2.05, 4.69) is 10.6 Å². The second-order valence-corrected chi connectivity index (χ2v) is 5.43. The number of nitrogens with one attached hydrogen (secondary N) is 2. The number of carbonyl (C=O) groups is 2. The Bertz CT molecular complexity index is 640. The monoisotopic (exact) mass is 324 g/mol. The van der Waals surface area contributed by atoms with Crippen molar-refractivity contribution in [2.45, 2.75) is 0 Å². The first-order valence-electron chi connectivity index (χ1n) is 6.03. The summed E-state index contributed by atoms with van der Waals surface area (Å²) >= 11 is 7.18. The van der Waals surface area contributed by atoms with Crippen LogP contribution in [0.3, 0.4) is 0 Å². The molecule has 0 aliphatic rings. The molecule has 0 aliphatic carbocycles. The average molecular weight is 325 g/mol. The van der Waals surface area contributed by atoms with Crippen LogP contribution in [0.5, 0.6) is 0 Å². The zero-order chi connectivity index (χ0) is 15.2. The van der Waals surface area contributed by atoms with Gasteiger partial charge in [-0.25, -0.2) is 0 Å². The van der Waals surface area contributed by atoms with Gasteiger partial charge in [0.15, 0.2) is 0 Å². The van der Waals surface area contributed by atoms with Gasteiger partial charge in [0.1, 0.15) is 11.5 Å². The van der Waals surface area contributed by atoms with Gasteiger partial charge in [-0.15, -0.1) is 11.3 Å². The van der Waals surface area contributed by atoms with Crippen LogP contribution in [0.25, 0.3) is 0 Å². The smallest absolute Gasteiger partial charge is 0.267 e. The maximum Gasteiger partial charge on any atom is 0.267 e. The van der Waals surface area contributed by atoms with Crippen LogP contribution in [-0.4, -0.2) is 25.5 Å². The summed E-state index contributed by atoms with van der Waals surface area (Å²) in [5.74, 6) is -0.495. The molecule has 0 fully saturated rings. The van der Waals surface area contributed by atoms with E-state index in [0.717, 1.165) is 0 Å². The molecular weight excluding hydrogens is 312 g/mol. The molecule has 2 aromatic rings. The molecular formula is C14H13ClN2O3S. The molecule has 21 heavy (non-hydrogen) atoms. The van der Waals surface area contributed by atoms with E-state index < -0.39 is 0 Å². The normalized spacial score (nSPS) is 10.2. The molecule has 2 rings (SSSR count). The number of thiophene rings is 1. The number of hydrogen-bond acceptors (Lipinski definition) is 4. The third kappa shape index (κ3) is 4.29. The predicted octanol–water partition coefficient (Wildman–Crippen LogP) is 3.24. The zero-order valence-corrected chi connectivity index (χ0v) is 12.8. The summed E-state index contributed by atoms with van der Waals surface area (Å²) in [6, 6.07) is 8.46. The standard InChI is InChI=1S/C14H13ClN2O3S/c1-20-8-12(18)16-9-2-4-10(5-3-9)17-14(19)13-11(15)6-7-21-13/h2-7H,8H2,1H3,(H,16,18)(H,17,19). The number of ether oxygens (including phenoxy) is 1. The number of anilines is 2. The molecule has 7 heteroatoms. The van der Waals surface area contributed by atoms with Gasteiger partial charge in [-0.05, 0) is 35.7 Å². The molecule has 1 heterocycles. The minimum atomic E-state index is -0.258. The molecule has 0 atom stereocenters. The Balaban J connectivity index is 1.98. The highest BCUT2D eigenvalue weighted by Crippen LogP contribution is 2.23. The number of rotatable bonds is 5. The largest absolute Gasteiger partial charge is 0.375 e. The Morgan fingerprint density at radius 1 is 1.14 bits per heavy atom. The van der Waals surface area contributed by atoms with Gasteiger partial charge >= 0.3 is 0 Å². The van der Waals surface area contributed by atoms with E-state index in [1.165, 1.54) is 18.4 Å². The molecule has 0 radical (unpaired) electrons. The van der Waals surface area contributed by atoms with Crippen molar-refractivity contribution in [1.82, 2.24) is 0 Å². The highest BCUT2D eigenvalue weighted by molar-refractivity contribution is 7.12. The lowest BCUT2D eigenvalue weighted by Gasteiger charge is -2.07. The van der Waals surface area contributed by atoms with Crippen molar-refractivity contribution in [3.63, 3.8) is 0 Å². The third-order valence-corrected chi connectivity index (χ3v) is 3.87. The molecule has 0 unspecified atom stereocenters. The minimum absolute atomic E-state index is 0.00460. The Morgan fingerprint density at radius 2 is 1.76 bits per heavy atom. The Labute approximate surface area is 130 Å². The number of halogens is 1. The van der Waals surface area contributed by atoms with Gasteiger partial charge in [0.2, 0.25) is 5.91 Å². The Hall–Kier alpha value is -1.89. The van der Waals surface area contributed by atoms with Crippen molar-refractivity contribution in [1.29, 1.82) is 0 Å². The number of benzene rings is 1. The first-order valence-corrected chi connectivity index (χ1v) is 7.29. The van der Waals surface area contributed by atoms with E-state index in [1.54, 1.807) is 35.7 Å². The summed E-state index contributed by atoms with van der Waals surface area (Å²) in [5, 5.41) is 7.59. The van der Waals surface area contributed by atoms with Crippen LogP contribution in [0, 0.1) is 0 Å².